The highest BCUT2D eigenvalue weighted by Crippen LogP contribution is 2.45. The Morgan fingerprint density at radius 1 is 0.448 bits per heavy atom. The van der Waals surface area contributed by atoms with E-state index in [0.717, 1.165) is 64.2 Å². The van der Waals surface area contributed by atoms with Crippen LogP contribution in [0.2, 0.25) is 0 Å². The number of esters is 2. The SMILES string of the molecule is CC/C=C/C=C/C=C\C=C/CCCCCC(=O)OCC(O)COP(=O)(O)OCC(O)COP(=O)(O)OCC(O)COC(=O)CCCCCCC\C=C/C=C/C=C/CC. The van der Waals surface area contributed by atoms with Crippen molar-refractivity contribution in [3.05, 3.63) is 85.1 Å². The van der Waals surface area contributed by atoms with Gasteiger partial charge in [-0.2, -0.15) is 0 Å². The summed E-state index contributed by atoms with van der Waals surface area (Å²) in [6.07, 6.45) is 34.6. The predicted octanol–water partition coefficient (Wildman–Crippen LogP) is 7.82. The Bertz CT molecular complexity index is 1370. The van der Waals surface area contributed by atoms with Crippen LogP contribution >= 0.6 is 15.6 Å². The largest absolute Gasteiger partial charge is 0.472 e. The lowest BCUT2D eigenvalue weighted by molar-refractivity contribution is -0.148. The van der Waals surface area contributed by atoms with Crippen molar-refractivity contribution in [2.45, 2.75) is 122 Å². The molecule has 0 aliphatic heterocycles. The number of carbonyl (C=O) groups excluding carboxylic acids is 2. The Morgan fingerprint density at radius 3 is 1.12 bits per heavy atom. The van der Waals surface area contributed by atoms with Crippen LogP contribution < -0.4 is 0 Å². The molecule has 0 aromatic carbocycles. The third kappa shape index (κ3) is 38.7. The number of ether oxygens (including phenoxy) is 2. The van der Waals surface area contributed by atoms with Gasteiger partial charge in [-0.05, 0) is 51.4 Å². The molecule has 5 atom stereocenters. The van der Waals surface area contributed by atoms with Gasteiger partial charge in [0.05, 0.1) is 26.4 Å². The first kappa shape index (κ1) is 55.2. The second-order valence-electron chi connectivity index (χ2n) is 13.0. The van der Waals surface area contributed by atoms with Crippen LogP contribution in [0.1, 0.15) is 104 Å². The van der Waals surface area contributed by atoms with Gasteiger partial charge in [-0.3, -0.25) is 27.7 Å². The van der Waals surface area contributed by atoms with Gasteiger partial charge in [0, 0.05) is 12.8 Å². The minimum Gasteiger partial charge on any atom is -0.463 e. The smallest absolute Gasteiger partial charge is 0.463 e. The number of hydrogen-bond donors (Lipinski definition) is 5. The Balaban J connectivity index is 4.03. The molecule has 0 bridgehead atoms. The zero-order chi connectivity index (χ0) is 43.2. The summed E-state index contributed by atoms with van der Waals surface area (Å²) in [5, 5.41) is 29.9. The lowest BCUT2D eigenvalue weighted by atomic mass is 10.1. The molecule has 332 valence electrons. The van der Waals surface area contributed by atoms with Crippen molar-refractivity contribution in [1.82, 2.24) is 0 Å². The van der Waals surface area contributed by atoms with E-state index in [-0.39, 0.29) is 12.8 Å². The summed E-state index contributed by atoms with van der Waals surface area (Å²) >= 11 is 0. The van der Waals surface area contributed by atoms with E-state index in [1.807, 2.05) is 66.8 Å². The topological polar surface area (TPSA) is 225 Å². The van der Waals surface area contributed by atoms with Crippen LogP contribution in [-0.4, -0.2) is 95.0 Å². The fourth-order valence-corrected chi connectivity index (χ4v) is 5.99. The lowest BCUT2D eigenvalue weighted by Gasteiger charge is -2.19. The second kappa shape index (κ2) is 37.2. The predicted molar refractivity (Wildman–Crippen MR) is 223 cm³/mol. The molecule has 0 rings (SSSR count). The van der Waals surface area contributed by atoms with Crippen LogP contribution in [-0.2, 0) is 46.3 Å². The highest BCUT2D eigenvalue weighted by molar-refractivity contribution is 7.47. The molecule has 58 heavy (non-hydrogen) atoms. The summed E-state index contributed by atoms with van der Waals surface area (Å²) < 4.78 is 52.7. The molecule has 15 nitrogen and oxygen atoms in total. The van der Waals surface area contributed by atoms with Crippen molar-refractivity contribution in [3.63, 3.8) is 0 Å². The van der Waals surface area contributed by atoms with E-state index >= 15 is 0 Å². The second-order valence-corrected chi connectivity index (χ2v) is 15.9. The molecule has 0 aromatic rings. The van der Waals surface area contributed by atoms with Crippen LogP contribution in [0.5, 0.6) is 0 Å². The van der Waals surface area contributed by atoms with Gasteiger partial charge >= 0.3 is 27.6 Å². The standard InChI is InChI=1S/C41H68O15P2/c1-3-5-7-9-11-13-15-17-19-21-23-25-27-29-40(45)51-31-37(42)33-53-57(47,48)55-35-39(44)36-56-58(49,50)54-34-38(43)32-52-41(46)30-28-26-24-22-20-18-16-14-12-10-8-6-4-2/h5-17,19,37-39,42-44H,3-4,18,20-36H2,1-2H3,(H,47,48)(H,49,50)/b7-5+,8-6+,11-9+,12-10+,15-13-,16-14-,19-17-. The summed E-state index contributed by atoms with van der Waals surface area (Å²) in [5.41, 5.74) is 0. The zero-order valence-corrected chi connectivity index (χ0v) is 36.0. The van der Waals surface area contributed by atoms with E-state index in [9.17, 15) is 43.8 Å². The van der Waals surface area contributed by atoms with Crippen LogP contribution in [0.15, 0.2) is 85.1 Å². The van der Waals surface area contributed by atoms with Crippen LogP contribution in [0.3, 0.4) is 0 Å². The molecule has 0 spiro atoms. The average molecular weight is 863 g/mol. The number of rotatable bonds is 37. The van der Waals surface area contributed by atoms with Gasteiger partial charge in [-0.1, -0.05) is 125 Å². The zero-order valence-electron chi connectivity index (χ0n) is 34.2. The first-order valence-electron chi connectivity index (χ1n) is 20.0. The number of aliphatic hydroxyl groups excluding tert-OH is 3. The molecule has 5 unspecified atom stereocenters. The van der Waals surface area contributed by atoms with Gasteiger partial charge in [-0.25, -0.2) is 9.13 Å². The molecular weight excluding hydrogens is 794 g/mol. The molecule has 0 saturated heterocycles. The van der Waals surface area contributed by atoms with Gasteiger partial charge in [0.25, 0.3) is 0 Å². The molecule has 5 N–H and O–H groups in total. The molecule has 0 aliphatic carbocycles. The fraction of sp³-hybridized carbons (Fsp3) is 0.610. The first-order chi connectivity index (χ1) is 27.8. The third-order valence-electron chi connectivity index (χ3n) is 7.50. The van der Waals surface area contributed by atoms with Crippen molar-refractivity contribution >= 4 is 27.6 Å². The van der Waals surface area contributed by atoms with E-state index in [1.54, 1.807) is 0 Å². The van der Waals surface area contributed by atoms with Gasteiger partial charge in [-0.15, -0.1) is 0 Å². The van der Waals surface area contributed by atoms with Gasteiger partial charge in [0.2, 0.25) is 0 Å². The van der Waals surface area contributed by atoms with Crippen LogP contribution in [0, 0.1) is 0 Å². The minimum atomic E-state index is -4.79. The normalized spacial score (nSPS) is 16.3. The number of unbranched alkanes of at least 4 members (excludes halogenated alkanes) is 8. The minimum absolute atomic E-state index is 0.146. The maximum absolute atomic E-state index is 12.1. The number of phosphoric ester groups is 2. The summed E-state index contributed by atoms with van der Waals surface area (Å²) in [6, 6.07) is 0. The van der Waals surface area contributed by atoms with E-state index in [0.29, 0.717) is 12.8 Å². The quantitative estimate of drug-likeness (QED) is 0.0174. The summed E-state index contributed by atoms with van der Waals surface area (Å²) in [4.78, 5) is 43.5. The Labute approximate surface area is 345 Å². The fourth-order valence-electron chi connectivity index (χ4n) is 4.40. The third-order valence-corrected chi connectivity index (χ3v) is 9.40. The Morgan fingerprint density at radius 2 is 0.741 bits per heavy atom. The molecule has 0 fully saturated rings. The average Bonchev–Trinajstić information content (AvgIpc) is 3.19. The molecular formula is C41H68O15P2. The van der Waals surface area contributed by atoms with Crippen molar-refractivity contribution in [1.29, 1.82) is 0 Å². The number of carbonyl (C=O) groups is 2. The molecule has 0 amide bonds. The Kier molecular flexibility index (Phi) is 35.5. The van der Waals surface area contributed by atoms with E-state index < -0.39 is 85.5 Å². The Hall–Kier alpha value is -2.78. The van der Waals surface area contributed by atoms with Gasteiger partial charge < -0.3 is 34.6 Å². The van der Waals surface area contributed by atoms with Crippen LogP contribution in [0.4, 0.5) is 0 Å². The summed E-state index contributed by atoms with van der Waals surface area (Å²) in [7, 11) is -9.58. The maximum atomic E-state index is 12.1. The van der Waals surface area contributed by atoms with Gasteiger partial charge in [0.1, 0.15) is 31.5 Å². The van der Waals surface area contributed by atoms with Crippen molar-refractivity contribution in [3.8, 4) is 0 Å². The first-order valence-corrected chi connectivity index (χ1v) is 23.0. The van der Waals surface area contributed by atoms with E-state index in [1.165, 1.54) is 0 Å². The highest BCUT2D eigenvalue weighted by atomic mass is 31.2. The van der Waals surface area contributed by atoms with Crippen LogP contribution in [0.25, 0.3) is 0 Å². The molecule has 0 saturated carbocycles. The molecule has 17 heteroatoms. The summed E-state index contributed by atoms with van der Waals surface area (Å²) in [6.45, 7) is 0.00757. The lowest BCUT2D eigenvalue weighted by Crippen LogP contribution is -2.25. The monoisotopic (exact) mass is 862 g/mol. The van der Waals surface area contributed by atoms with E-state index in [4.69, 9.17) is 9.47 Å². The van der Waals surface area contributed by atoms with Gasteiger partial charge in [0.15, 0.2) is 0 Å². The van der Waals surface area contributed by atoms with E-state index in [2.05, 4.69) is 50.2 Å². The summed E-state index contributed by atoms with van der Waals surface area (Å²) in [5.74, 6) is -1.06. The maximum Gasteiger partial charge on any atom is 0.472 e. The molecule has 0 aliphatic rings. The van der Waals surface area contributed by atoms with Crippen molar-refractivity contribution in [2.24, 2.45) is 0 Å². The molecule has 0 radical (unpaired) electrons. The number of allylic oxidation sites excluding steroid dienone is 14. The highest BCUT2D eigenvalue weighted by Gasteiger charge is 2.28. The molecule has 0 heterocycles. The number of phosphoric acid groups is 2. The van der Waals surface area contributed by atoms with Crippen molar-refractivity contribution in [2.75, 3.05) is 39.6 Å². The van der Waals surface area contributed by atoms with Crippen molar-refractivity contribution < 1.29 is 71.4 Å². The number of hydrogen-bond acceptors (Lipinski definition) is 13. The molecule has 0 aromatic heterocycles. The number of aliphatic hydroxyl groups is 3.